The summed E-state index contributed by atoms with van der Waals surface area (Å²) in [7, 11) is 0. The summed E-state index contributed by atoms with van der Waals surface area (Å²) >= 11 is 0. The van der Waals surface area contributed by atoms with Gasteiger partial charge in [0.25, 0.3) is 0 Å². The van der Waals surface area contributed by atoms with Crippen molar-refractivity contribution in [3.05, 3.63) is 60.1 Å². The number of piperidine rings is 1. The predicted molar refractivity (Wildman–Crippen MR) is 104 cm³/mol. The Morgan fingerprint density at radius 3 is 2.64 bits per heavy atom. The van der Waals surface area contributed by atoms with Crippen LogP contribution in [-0.2, 0) is 27.4 Å². The van der Waals surface area contributed by atoms with Crippen molar-refractivity contribution in [3.8, 4) is 0 Å². The average molecular weight is 384 g/mol. The van der Waals surface area contributed by atoms with Crippen molar-refractivity contribution in [2.45, 2.75) is 32.2 Å². The standard InChI is InChI=1S/C22H28N2O4/c25-21(17-23-10-4-8-19(15-23)22-27-12-13-28-22)24(16-20-9-5-11-26-20)14-18-6-2-1-3-7-18/h1-3,5-7,9,11,19,22H,4,8,10,12-17H2. The van der Waals surface area contributed by atoms with Crippen molar-refractivity contribution in [1.82, 2.24) is 9.80 Å². The van der Waals surface area contributed by atoms with Crippen LogP contribution >= 0.6 is 0 Å². The Bertz CT molecular complexity index is 728. The number of nitrogens with zero attached hydrogens (tertiary/aromatic N) is 2. The van der Waals surface area contributed by atoms with Crippen LogP contribution in [0.3, 0.4) is 0 Å². The van der Waals surface area contributed by atoms with Crippen LogP contribution in [0.1, 0.15) is 24.2 Å². The summed E-state index contributed by atoms with van der Waals surface area (Å²) in [6, 6.07) is 13.9. The molecule has 0 saturated carbocycles. The van der Waals surface area contributed by atoms with E-state index in [2.05, 4.69) is 4.90 Å². The Labute approximate surface area is 166 Å². The molecule has 4 rings (SSSR count). The predicted octanol–water partition coefficient (Wildman–Crippen LogP) is 2.89. The first-order chi connectivity index (χ1) is 13.8. The average Bonchev–Trinajstić information content (AvgIpc) is 3.43. The molecule has 2 aromatic rings. The molecule has 1 atom stereocenters. The van der Waals surface area contributed by atoms with Gasteiger partial charge in [-0.25, -0.2) is 0 Å². The molecule has 0 bridgehead atoms. The van der Waals surface area contributed by atoms with E-state index < -0.39 is 0 Å². The fourth-order valence-electron chi connectivity index (χ4n) is 4.02. The fraction of sp³-hybridized carbons (Fsp3) is 0.500. The van der Waals surface area contributed by atoms with E-state index in [1.165, 1.54) is 0 Å². The number of hydrogen-bond donors (Lipinski definition) is 0. The normalized spacial score (nSPS) is 21.1. The highest BCUT2D eigenvalue weighted by atomic mass is 16.7. The second-order valence-corrected chi connectivity index (χ2v) is 7.56. The minimum Gasteiger partial charge on any atom is -0.467 e. The number of rotatable bonds is 7. The highest BCUT2D eigenvalue weighted by Gasteiger charge is 2.32. The van der Waals surface area contributed by atoms with Gasteiger partial charge in [-0.1, -0.05) is 30.3 Å². The zero-order valence-electron chi connectivity index (χ0n) is 16.2. The second-order valence-electron chi connectivity index (χ2n) is 7.56. The maximum atomic E-state index is 13.2. The summed E-state index contributed by atoms with van der Waals surface area (Å²) in [5.41, 5.74) is 1.12. The van der Waals surface area contributed by atoms with Crippen molar-refractivity contribution in [2.75, 3.05) is 32.8 Å². The van der Waals surface area contributed by atoms with Crippen molar-refractivity contribution in [3.63, 3.8) is 0 Å². The first-order valence-electron chi connectivity index (χ1n) is 10.1. The maximum Gasteiger partial charge on any atom is 0.237 e. The molecule has 28 heavy (non-hydrogen) atoms. The van der Waals surface area contributed by atoms with Gasteiger partial charge in [0.2, 0.25) is 5.91 Å². The summed E-state index contributed by atoms with van der Waals surface area (Å²) < 4.78 is 16.9. The third kappa shape index (κ3) is 5.01. The SMILES string of the molecule is O=C(CN1CCCC(C2OCCO2)C1)N(Cc1ccccc1)Cc1ccco1. The zero-order chi connectivity index (χ0) is 19.2. The summed E-state index contributed by atoms with van der Waals surface area (Å²) in [6.07, 6.45) is 3.70. The molecule has 0 radical (unpaired) electrons. The van der Waals surface area contributed by atoms with Gasteiger partial charge in [0.15, 0.2) is 6.29 Å². The molecule has 1 aromatic heterocycles. The number of furan rings is 1. The maximum absolute atomic E-state index is 13.2. The van der Waals surface area contributed by atoms with Crippen molar-refractivity contribution < 1.29 is 18.7 Å². The third-order valence-electron chi connectivity index (χ3n) is 5.43. The van der Waals surface area contributed by atoms with Crippen LogP contribution in [0.15, 0.2) is 53.1 Å². The van der Waals surface area contributed by atoms with E-state index in [4.69, 9.17) is 13.9 Å². The molecule has 2 saturated heterocycles. The van der Waals surface area contributed by atoms with E-state index in [0.29, 0.717) is 38.8 Å². The third-order valence-corrected chi connectivity index (χ3v) is 5.43. The van der Waals surface area contributed by atoms with Crippen LogP contribution in [0.4, 0.5) is 0 Å². The molecule has 1 aromatic carbocycles. The molecule has 2 fully saturated rings. The van der Waals surface area contributed by atoms with Crippen molar-refractivity contribution in [2.24, 2.45) is 5.92 Å². The lowest BCUT2D eigenvalue weighted by atomic mass is 9.97. The molecule has 6 heteroatoms. The van der Waals surface area contributed by atoms with Gasteiger partial charge in [0.1, 0.15) is 5.76 Å². The fourth-order valence-corrected chi connectivity index (χ4v) is 4.02. The summed E-state index contributed by atoms with van der Waals surface area (Å²) in [6.45, 7) is 4.60. The number of amides is 1. The van der Waals surface area contributed by atoms with E-state index in [0.717, 1.165) is 37.3 Å². The summed E-state index contributed by atoms with van der Waals surface area (Å²) in [4.78, 5) is 17.3. The van der Waals surface area contributed by atoms with Crippen LogP contribution in [0.2, 0.25) is 0 Å². The van der Waals surface area contributed by atoms with Gasteiger partial charge in [0.05, 0.1) is 32.6 Å². The highest BCUT2D eigenvalue weighted by molar-refractivity contribution is 5.78. The molecular formula is C22H28N2O4. The van der Waals surface area contributed by atoms with Gasteiger partial charge in [0, 0.05) is 19.0 Å². The van der Waals surface area contributed by atoms with Crippen LogP contribution in [0.25, 0.3) is 0 Å². The van der Waals surface area contributed by atoms with Crippen LogP contribution in [0, 0.1) is 5.92 Å². The van der Waals surface area contributed by atoms with Gasteiger partial charge in [-0.3, -0.25) is 9.69 Å². The summed E-state index contributed by atoms with van der Waals surface area (Å²) in [5.74, 6) is 1.26. The number of carbonyl (C=O) groups excluding carboxylic acids is 1. The van der Waals surface area contributed by atoms with E-state index in [1.54, 1.807) is 6.26 Å². The van der Waals surface area contributed by atoms with Gasteiger partial charge >= 0.3 is 0 Å². The number of likely N-dealkylation sites (tertiary alicyclic amines) is 1. The van der Waals surface area contributed by atoms with E-state index in [1.807, 2.05) is 47.4 Å². The lowest BCUT2D eigenvalue weighted by molar-refractivity contribution is -0.136. The van der Waals surface area contributed by atoms with Gasteiger partial charge in [-0.2, -0.15) is 0 Å². The Balaban J connectivity index is 1.39. The van der Waals surface area contributed by atoms with E-state index >= 15 is 0 Å². The molecule has 3 heterocycles. The minimum atomic E-state index is -0.110. The monoisotopic (exact) mass is 384 g/mol. The van der Waals surface area contributed by atoms with Crippen LogP contribution in [-0.4, -0.2) is 54.8 Å². The minimum absolute atomic E-state index is 0.110. The Morgan fingerprint density at radius 1 is 1.07 bits per heavy atom. The smallest absolute Gasteiger partial charge is 0.237 e. The highest BCUT2D eigenvalue weighted by Crippen LogP contribution is 2.25. The molecule has 6 nitrogen and oxygen atoms in total. The molecule has 2 aliphatic rings. The number of hydrogen-bond acceptors (Lipinski definition) is 5. The lowest BCUT2D eigenvalue weighted by Crippen LogP contribution is -2.46. The van der Waals surface area contributed by atoms with E-state index in [-0.39, 0.29) is 12.2 Å². The quantitative estimate of drug-likeness (QED) is 0.735. The Morgan fingerprint density at radius 2 is 1.89 bits per heavy atom. The van der Waals surface area contributed by atoms with Crippen LogP contribution in [0.5, 0.6) is 0 Å². The number of ether oxygens (including phenoxy) is 2. The lowest BCUT2D eigenvalue weighted by Gasteiger charge is -2.35. The number of benzene rings is 1. The molecule has 0 N–H and O–H groups in total. The first kappa shape index (κ1) is 19.2. The number of carbonyl (C=O) groups is 1. The van der Waals surface area contributed by atoms with Gasteiger partial charge < -0.3 is 18.8 Å². The molecule has 0 spiro atoms. The molecular weight excluding hydrogens is 356 g/mol. The van der Waals surface area contributed by atoms with Crippen molar-refractivity contribution >= 4 is 5.91 Å². The largest absolute Gasteiger partial charge is 0.467 e. The van der Waals surface area contributed by atoms with Gasteiger partial charge in [-0.05, 0) is 37.1 Å². The second kappa shape index (κ2) is 9.37. The first-order valence-corrected chi connectivity index (χ1v) is 10.1. The molecule has 0 aliphatic carbocycles. The summed E-state index contributed by atoms with van der Waals surface area (Å²) in [5, 5.41) is 0. The zero-order valence-corrected chi connectivity index (χ0v) is 16.2. The van der Waals surface area contributed by atoms with Gasteiger partial charge in [-0.15, -0.1) is 0 Å². The van der Waals surface area contributed by atoms with E-state index in [9.17, 15) is 4.79 Å². The van der Waals surface area contributed by atoms with Crippen molar-refractivity contribution in [1.29, 1.82) is 0 Å². The Kier molecular flexibility index (Phi) is 6.41. The topological polar surface area (TPSA) is 55.2 Å². The van der Waals surface area contributed by atoms with Crippen LogP contribution < -0.4 is 0 Å². The molecule has 1 amide bonds. The molecule has 1 unspecified atom stereocenters. The Hall–Kier alpha value is -2.15. The molecule has 2 aliphatic heterocycles. The molecule has 150 valence electrons.